The number of rotatable bonds is 1. The largest absolute Gasteiger partial charge is 0.300 e. The van der Waals surface area contributed by atoms with E-state index in [1.54, 1.807) is 11.7 Å². The highest BCUT2D eigenvalue weighted by atomic mass is 16.1. The fourth-order valence-corrected chi connectivity index (χ4v) is 2.00. The number of aromatic nitrogens is 2. The second kappa shape index (κ2) is 3.28. The van der Waals surface area contributed by atoms with Crippen molar-refractivity contribution < 1.29 is 0 Å². The van der Waals surface area contributed by atoms with Crippen LogP contribution in [0.5, 0.6) is 0 Å². The molecule has 14 heavy (non-hydrogen) atoms. The fourth-order valence-electron chi connectivity index (χ4n) is 2.00. The highest BCUT2D eigenvalue weighted by molar-refractivity contribution is 5.20. The summed E-state index contributed by atoms with van der Waals surface area (Å²) < 4.78 is 1.58. The van der Waals surface area contributed by atoms with Gasteiger partial charge in [0, 0.05) is 38.3 Å². The summed E-state index contributed by atoms with van der Waals surface area (Å²) in [4.78, 5) is 14.0. The number of nitrogens with one attached hydrogen (secondary N) is 1. The van der Waals surface area contributed by atoms with Crippen LogP contribution >= 0.6 is 0 Å². The van der Waals surface area contributed by atoms with Crippen LogP contribution in [0.2, 0.25) is 0 Å². The zero-order valence-electron chi connectivity index (χ0n) is 9.00. The van der Waals surface area contributed by atoms with Crippen LogP contribution in [0.3, 0.4) is 0 Å². The Kier molecular flexibility index (Phi) is 2.23. The second-order valence-corrected chi connectivity index (χ2v) is 4.25. The van der Waals surface area contributed by atoms with Crippen molar-refractivity contribution in [3.8, 4) is 0 Å². The number of aryl methyl sites for hydroxylation is 1. The topological polar surface area (TPSA) is 41.0 Å². The Morgan fingerprint density at radius 2 is 2.14 bits per heavy atom. The van der Waals surface area contributed by atoms with E-state index in [2.05, 4.69) is 23.8 Å². The zero-order chi connectivity index (χ0) is 10.3. The van der Waals surface area contributed by atoms with Crippen molar-refractivity contribution in [2.45, 2.75) is 32.9 Å². The molecule has 0 bridgehead atoms. The molecule has 1 N–H and O–H groups in total. The third-order valence-corrected chi connectivity index (χ3v) is 2.97. The quantitative estimate of drug-likeness (QED) is 0.708. The minimum absolute atomic E-state index is 0.130. The number of nitrogens with zero attached hydrogens (tertiary/aromatic N) is 2. The fraction of sp³-hybridized carbons (Fsp3) is 0.700. The number of hydrogen-bond donors (Lipinski definition) is 1. The van der Waals surface area contributed by atoms with Crippen LogP contribution in [0.25, 0.3) is 0 Å². The molecule has 0 saturated carbocycles. The van der Waals surface area contributed by atoms with E-state index in [9.17, 15) is 4.79 Å². The van der Waals surface area contributed by atoms with Gasteiger partial charge in [-0.2, -0.15) is 0 Å². The van der Waals surface area contributed by atoms with E-state index in [1.807, 2.05) is 0 Å². The highest BCUT2D eigenvalue weighted by Gasteiger charge is 2.22. The summed E-state index contributed by atoms with van der Waals surface area (Å²) in [6.45, 7) is 6.18. The van der Waals surface area contributed by atoms with E-state index in [1.165, 1.54) is 0 Å². The third-order valence-electron chi connectivity index (χ3n) is 2.97. The maximum atomic E-state index is 11.7. The van der Waals surface area contributed by atoms with Gasteiger partial charge in [0.2, 0.25) is 0 Å². The van der Waals surface area contributed by atoms with Crippen molar-refractivity contribution in [3.63, 3.8) is 0 Å². The molecular weight excluding hydrogens is 178 g/mol. The summed E-state index contributed by atoms with van der Waals surface area (Å²) in [5.41, 5.74) is 2.20. The molecular formula is C10H17N3O. The first-order valence-electron chi connectivity index (χ1n) is 5.10. The molecule has 0 radical (unpaired) electrons. The summed E-state index contributed by atoms with van der Waals surface area (Å²) in [6.07, 6.45) is 0.962. The Morgan fingerprint density at radius 1 is 1.43 bits per heavy atom. The van der Waals surface area contributed by atoms with Gasteiger partial charge in [0.1, 0.15) is 0 Å². The molecule has 0 aliphatic carbocycles. The lowest BCUT2D eigenvalue weighted by molar-refractivity contribution is 0.202. The predicted molar refractivity (Wildman–Crippen MR) is 55.3 cm³/mol. The monoisotopic (exact) mass is 195 g/mol. The first kappa shape index (κ1) is 9.52. The van der Waals surface area contributed by atoms with Crippen LogP contribution in [0.15, 0.2) is 4.79 Å². The molecule has 0 atom stereocenters. The van der Waals surface area contributed by atoms with Gasteiger partial charge in [0.25, 0.3) is 5.56 Å². The summed E-state index contributed by atoms with van der Waals surface area (Å²) in [7, 11) is 1.78. The maximum Gasteiger partial charge on any atom is 0.270 e. The van der Waals surface area contributed by atoms with Crippen LogP contribution in [-0.2, 0) is 20.0 Å². The summed E-state index contributed by atoms with van der Waals surface area (Å²) in [5, 5.41) is 3.10. The third kappa shape index (κ3) is 1.39. The molecule has 0 amide bonds. The number of aromatic amines is 1. The van der Waals surface area contributed by atoms with Gasteiger partial charge in [-0.1, -0.05) is 0 Å². The van der Waals surface area contributed by atoms with Crippen molar-refractivity contribution in [1.82, 2.24) is 14.7 Å². The molecule has 2 heterocycles. The smallest absolute Gasteiger partial charge is 0.270 e. The minimum atomic E-state index is 0.130. The summed E-state index contributed by atoms with van der Waals surface area (Å²) in [5.74, 6) is 0. The molecule has 1 aliphatic heterocycles. The average molecular weight is 195 g/mol. The maximum absolute atomic E-state index is 11.7. The van der Waals surface area contributed by atoms with Crippen molar-refractivity contribution in [1.29, 1.82) is 0 Å². The van der Waals surface area contributed by atoms with E-state index < -0.39 is 0 Å². The summed E-state index contributed by atoms with van der Waals surface area (Å²) >= 11 is 0. The standard InChI is InChI=1S/C10H17N3O/c1-7(2)13-5-4-9-8(6-13)10(14)12(3)11-9/h7,11H,4-6H2,1-3H3. The number of fused-ring (bicyclic) bond motifs is 1. The Morgan fingerprint density at radius 3 is 2.79 bits per heavy atom. The van der Waals surface area contributed by atoms with Crippen LogP contribution in [0, 0.1) is 0 Å². The average Bonchev–Trinajstić information content (AvgIpc) is 2.43. The van der Waals surface area contributed by atoms with Gasteiger partial charge in [-0.25, -0.2) is 0 Å². The normalized spacial score (nSPS) is 17.4. The Balaban J connectivity index is 2.34. The van der Waals surface area contributed by atoms with Gasteiger partial charge in [-0.3, -0.25) is 19.5 Å². The molecule has 2 rings (SSSR count). The highest BCUT2D eigenvalue weighted by Crippen LogP contribution is 2.15. The van der Waals surface area contributed by atoms with E-state index in [4.69, 9.17) is 0 Å². The lowest BCUT2D eigenvalue weighted by Crippen LogP contribution is -2.37. The molecule has 4 heteroatoms. The SMILES string of the molecule is CC(C)N1CCc2[nH]n(C)c(=O)c2C1. The Labute approximate surface area is 83.5 Å². The molecule has 4 nitrogen and oxygen atoms in total. The number of H-pyrrole nitrogens is 1. The Hall–Kier alpha value is -1.03. The lowest BCUT2D eigenvalue weighted by Gasteiger charge is -2.29. The van der Waals surface area contributed by atoms with Gasteiger partial charge in [-0.05, 0) is 13.8 Å². The van der Waals surface area contributed by atoms with Crippen LogP contribution in [-0.4, -0.2) is 27.3 Å². The van der Waals surface area contributed by atoms with E-state index in [0.29, 0.717) is 6.04 Å². The summed E-state index contributed by atoms with van der Waals surface area (Å²) in [6, 6.07) is 0.516. The number of hydrogen-bond acceptors (Lipinski definition) is 2. The minimum Gasteiger partial charge on any atom is -0.300 e. The van der Waals surface area contributed by atoms with Crippen LogP contribution in [0.1, 0.15) is 25.1 Å². The molecule has 1 aliphatic rings. The van der Waals surface area contributed by atoms with E-state index >= 15 is 0 Å². The van der Waals surface area contributed by atoms with Gasteiger partial charge < -0.3 is 0 Å². The first-order chi connectivity index (χ1) is 6.59. The first-order valence-corrected chi connectivity index (χ1v) is 5.10. The van der Waals surface area contributed by atoms with Gasteiger partial charge in [0.05, 0.1) is 5.56 Å². The molecule has 1 aromatic rings. The van der Waals surface area contributed by atoms with E-state index in [0.717, 1.165) is 30.8 Å². The van der Waals surface area contributed by atoms with E-state index in [-0.39, 0.29) is 5.56 Å². The Bertz CT molecular complexity index is 389. The lowest BCUT2D eigenvalue weighted by atomic mass is 10.1. The van der Waals surface area contributed by atoms with Crippen LogP contribution < -0.4 is 5.56 Å². The molecule has 0 aromatic carbocycles. The van der Waals surface area contributed by atoms with Crippen LogP contribution in [0.4, 0.5) is 0 Å². The van der Waals surface area contributed by atoms with Crippen molar-refractivity contribution in [2.24, 2.45) is 7.05 Å². The predicted octanol–water partition coefficient (Wildman–Crippen LogP) is 0.480. The van der Waals surface area contributed by atoms with Crippen molar-refractivity contribution in [2.75, 3.05) is 6.54 Å². The second-order valence-electron chi connectivity index (χ2n) is 4.25. The molecule has 0 spiro atoms. The zero-order valence-corrected chi connectivity index (χ0v) is 9.00. The van der Waals surface area contributed by atoms with Gasteiger partial charge in [0.15, 0.2) is 0 Å². The molecule has 0 saturated heterocycles. The molecule has 0 fully saturated rings. The molecule has 1 aromatic heterocycles. The molecule has 78 valence electrons. The van der Waals surface area contributed by atoms with Gasteiger partial charge >= 0.3 is 0 Å². The molecule has 0 unspecified atom stereocenters. The van der Waals surface area contributed by atoms with Gasteiger partial charge in [-0.15, -0.1) is 0 Å². The van der Waals surface area contributed by atoms with Crippen molar-refractivity contribution >= 4 is 0 Å². The van der Waals surface area contributed by atoms with Crippen molar-refractivity contribution in [3.05, 3.63) is 21.6 Å².